The maximum Gasteiger partial charge on any atom is 0.246 e. The van der Waals surface area contributed by atoms with E-state index in [9.17, 15) is 9.18 Å². The number of allylic oxidation sites excluding steroid dienone is 2. The fourth-order valence-electron chi connectivity index (χ4n) is 3.77. The third-order valence-corrected chi connectivity index (χ3v) is 5.82. The summed E-state index contributed by atoms with van der Waals surface area (Å²) in [7, 11) is 0. The van der Waals surface area contributed by atoms with Gasteiger partial charge in [-0.25, -0.2) is 4.39 Å². The Bertz CT molecular complexity index is 1140. The molecule has 4 heteroatoms. The number of unbranched alkanes of at least 4 members (excludes halogenated alkanes) is 1. The molecule has 0 saturated carbocycles. The fraction of sp³-hybridized carbons (Fsp3) is 0.321. The lowest BCUT2D eigenvalue weighted by atomic mass is 10.0. The Morgan fingerprint density at radius 2 is 1.94 bits per heavy atom. The van der Waals surface area contributed by atoms with Crippen LogP contribution in [-0.4, -0.2) is 12.5 Å². The second kappa shape index (κ2) is 10.4. The minimum absolute atomic E-state index is 0.0614. The summed E-state index contributed by atoms with van der Waals surface area (Å²) in [4.78, 5) is 12.5. The van der Waals surface area contributed by atoms with E-state index in [1.165, 1.54) is 25.0 Å². The molecule has 1 aromatic heterocycles. The highest BCUT2D eigenvalue weighted by Crippen LogP contribution is 2.34. The first-order valence-electron chi connectivity index (χ1n) is 11.2. The van der Waals surface area contributed by atoms with Crippen molar-refractivity contribution in [3.63, 3.8) is 0 Å². The van der Waals surface area contributed by atoms with Gasteiger partial charge in [-0.05, 0) is 79.8 Å². The molecule has 0 radical (unpaired) electrons. The molecule has 0 bridgehead atoms. The number of carbonyl (C=O) groups excluding carboxylic acids is 1. The Balaban J connectivity index is 1.75. The summed E-state index contributed by atoms with van der Waals surface area (Å²) in [6, 6.07) is 12.2. The number of rotatable bonds is 9. The molecule has 0 aliphatic heterocycles. The first-order valence-corrected chi connectivity index (χ1v) is 11.2. The molecular formula is C28H32FNO2. The van der Waals surface area contributed by atoms with Gasteiger partial charge in [0.25, 0.3) is 0 Å². The molecule has 168 valence electrons. The number of furan rings is 1. The van der Waals surface area contributed by atoms with Gasteiger partial charge in [0.2, 0.25) is 5.91 Å². The predicted octanol–water partition coefficient (Wildman–Crippen LogP) is 7.45. The van der Waals surface area contributed by atoms with Crippen LogP contribution < -0.4 is 5.32 Å². The highest BCUT2D eigenvalue weighted by molar-refractivity contribution is 5.97. The molecule has 0 spiro atoms. The van der Waals surface area contributed by atoms with Gasteiger partial charge in [0.1, 0.15) is 17.2 Å². The SMILES string of the molecule is C=C(C=C(C)C(=O)NCC(C)CCCC)c1ccc2oc(-c3ccc(F)cc3)c(C)c2c1. The number of amides is 1. The van der Waals surface area contributed by atoms with Crippen molar-refractivity contribution in [2.75, 3.05) is 6.54 Å². The van der Waals surface area contributed by atoms with E-state index in [-0.39, 0.29) is 11.7 Å². The zero-order valence-electron chi connectivity index (χ0n) is 19.4. The molecule has 0 fully saturated rings. The standard InChI is InChI=1S/C28H32FNO2/c1-6-7-8-18(2)17-30-28(31)20(4)15-19(3)23-11-14-26-25(16-23)21(5)27(32-26)22-9-12-24(29)13-10-22/h9-16,18H,3,6-8,17H2,1-2,4-5H3,(H,30,31). The van der Waals surface area contributed by atoms with Crippen molar-refractivity contribution in [1.29, 1.82) is 0 Å². The van der Waals surface area contributed by atoms with E-state index in [0.29, 0.717) is 18.0 Å². The normalized spacial score (nSPS) is 12.7. The van der Waals surface area contributed by atoms with Crippen LogP contribution >= 0.6 is 0 Å². The number of carbonyl (C=O) groups is 1. The van der Waals surface area contributed by atoms with Crippen LogP contribution in [0.1, 0.15) is 51.2 Å². The van der Waals surface area contributed by atoms with Crippen molar-refractivity contribution in [3.05, 3.63) is 77.6 Å². The predicted molar refractivity (Wildman–Crippen MR) is 131 cm³/mol. The number of benzene rings is 2. The lowest BCUT2D eigenvalue weighted by Gasteiger charge is -2.12. The summed E-state index contributed by atoms with van der Waals surface area (Å²) < 4.78 is 19.3. The maximum absolute atomic E-state index is 13.3. The number of aryl methyl sites for hydroxylation is 1. The van der Waals surface area contributed by atoms with Crippen molar-refractivity contribution in [1.82, 2.24) is 5.32 Å². The van der Waals surface area contributed by atoms with Gasteiger partial charge in [-0.1, -0.05) is 39.3 Å². The van der Waals surface area contributed by atoms with Crippen molar-refractivity contribution in [2.45, 2.75) is 47.0 Å². The molecule has 1 N–H and O–H groups in total. The molecule has 2 aromatic carbocycles. The first-order chi connectivity index (χ1) is 15.3. The smallest absolute Gasteiger partial charge is 0.246 e. The van der Waals surface area contributed by atoms with Gasteiger partial charge in [-0.2, -0.15) is 0 Å². The highest BCUT2D eigenvalue weighted by Gasteiger charge is 2.14. The molecule has 1 amide bonds. The largest absolute Gasteiger partial charge is 0.456 e. The van der Waals surface area contributed by atoms with E-state index < -0.39 is 0 Å². The molecular weight excluding hydrogens is 401 g/mol. The Morgan fingerprint density at radius 3 is 2.62 bits per heavy atom. The van der Waals surface area contributed by atoms with Crippen molar-refractivity contribution in [3.8, 4) is 11.3 Å². The van der Waals surface area contributed by atoms with Gasteiger partial charge in [-0.3, -0.25) is 4.79 Å². The van der Waals surface area contributed by atoms with Crippen LogP contribution in [0.3, 0.4) is 0 Å². The number of nitrogens with one attached hydrogen (secondary N) is 1. The van der Waals surface area contributed by atoms with E-state index in [2.05, 4.69) is 25.7 Å². The van der Waals surface area contributed by atoms with Gasteiger partial charge in [0.15, 0.2) is 0 Å². The molecule has 32 heavy (non-hydrogen) atoms. The molecule has 0 aliphatic rings. The van der Waals surface area contributed by atoms with Crippen molar-refractivity contribution < 1.29 is 13.6 Å². The Morgan fingerprint density at radius 1 is 1.22 bits per heavy atom. The third-order valence-electron chi connectivity index (χ3n) is 5.82. The molecule has 1 unspecified atom stereocenters. The summed E-state index contributed by atoms with van der Waals surface area (Å²) in [6.07, 6.45) is 5.30. The molecule has 0 saturated heterocycles. The second-order valence-corrected chi connectivity index (χ2v) is 8.58. The Labute approximate surface area is 190 Å². The summed E-state index contributed by atoms with van der Waals surface area (Å²) in [5, 5.41) is 4.00. The quantitative estimate of drug-likeness (QED) is 0.281. The summed E-state index contributed by atoms with van der Waals surface area (Å²) in [5.74, 6) is 0.860. The van der Waals surface area contributed by atoms with Crippen LogP contribution in [0.4, 0.5) is 4.39 Å². The summed E-state index contributed by atoms with van der Waals surface area (Å²) >= 11 is 0. The second-order valence-electron chi connectivity index (χ2n) is 8.58. The topological polar surface area (TPSA) is 42.2 Å². The van der Waals surface area contributed by atoms with E-state index in [1.807, 2.05) is 38.1 Å². The Hall–Kier alpha value is -3.14. The molecule has 1 heterocycles. The van der Waals surface area contributed by atoms with Crippen LogP contribution in [0.15, 0.2) is 65.1 Å². The van der Waals surface area contributed by atoms with Crippen LogP contribution in [0.25, 0.3) is 27.9 Å². The van der Waals surface area contributed by atoms with Gasteiger partial charge in [-0.15, -0.1) is 0 Å². The van der Waals surface area contributed by atoms with Crippen LogP contribution in [0.5, 0.6) is 0 Å². The van der Waals surface area contributed by atoms with E-state index >= 15 is 0 Å². The minimum Gasteiger partial charge on any atom is -0.456 e. The molecule has 3 aromatic rings. The van der Waals surface area contributed by atoms with Crippen molar-refractivity contribution in [2.24, 2.45) is 5.92 Å². The van der Waals surface area contributed by atoms with Crippen LogP contribution in [-0.2, 0) is 4.79 Å². The number of hydrogen-bond donors (Lipinski definition) is 1. The summed E-state index contributed by atoms with van der Waals surface area (Å²) in [6.45, 7) is 13.0. The minimum atomic E-state index is -0.275. The monoisotopic (exact) mass is 433 g/mol. The average molecular weight is 434 g/mol. The highest BCUT2D eigenvalue weighted by atomic mass is 19.1. The van der Waals surface area contributed by atoms with E-state index in [0.717, 1.165) is 45.4 Å². The zero-order valence-corrected chi connectivity index (χ0v) is 19.4. The number of hydrogen-bond acceptors (Lipinski definition) is 2. The van der Waals surface area contributed by atoms with Crippen LogP contribution in [0, 0.1) is 18.7 Å². The number of halogens is 1. The number of fused-ring (bicyclic) bond motifs is 1. The molecule has 3 rings (SSSR count). The molecule has 1 atom stereocenters. The maximum atomic E-state index is 13.3. The fourth-order valence-corrected chi connectivity index (χ4v) is 3.77. The third kappa shape index (κ3) is 5.56. The van der Waals surface area contributed by atoms with Crippen molar-refractivity contribution >= 4 is 22.4 Å². The molecule has 0 aliphatic carbocycles. The average Bonchev–Trinajstić information content (AvgIpc) is 3.12. The van der Waals surface area contributed by atoms with Gasteiger partial charge in [0, 0.05) is 28.6 Å². The zero-order chi connectivity index (χ0) is 23.3. The van der Waals surface area contributed by atoms with Gasteiger partial charge in [0.05, 0.1) is 0 Å². The van der Waals surface area contributed by atoms with E-state index in [1.54, 1.807) is 12.1 Å². The van der Waals surface area contributed by atoms with Gasteiger partial charge >= 0.3 is 0 Å². The first kappa shape index (κ1) is 23.5. The van der Waals surface area contributed by atoms with E-state index in [4.69, 9.17) is 4.42 Å². The van der Waals surface area contributed by atoms with Crippen LogP contribution in [0.2, 0.25) is 0 Å². The van der Waals surface area contributed by atoms with Gasteiger partial charge < -0.3 is 9.73 Å². The Kier molecular flexibility index (Phi) is 7.68. The lowest BCUT2D eigenvalue weighted by Crippen LogP contribution is -2.28. The molecule has 3 nitrogen and oxygen atoms in total. The summed E-state index contributed by atoms with van der Waals surface area (Å²) in [5.41, 5.74) is 4.91. The lowest BCUT2D eigenvalue weighted by molar-refractivity contribution is -0.117.